The molecule has 7 nitrogen and oxygen atoms in total. The van der Waals surface area contributed by atoms with Crippen LogP contribution in [0.2, 0.25) is 0 Å². The van der Waals surface area contributed by atoms with Crippen LogP contribution in [0.4, 0.5) is 0 Å². The average molecular weight is 816 g/mol. The van der Waals surface area contributed by atoms with Crippen molar-refractivity contribution in [3.05, 3.63) is 211 Å². The van der Waals surface area contributed by atoms with Crippen LogP contribution >= 0.6 is 0 Å². The smallest absolute Gasteiger partial charge is 0.116 e. The summed E-state index contributed by atoms with van der Waals surface area (Å²) in [6, 6.07) is 70.4. The van der Waals surface area contributed by atoms with Crippen LogP contribution < -0.4 is 0 Å². The van der Waals surface area contributed by atoms with Gasteiger partial charge in [-0.3, -0.25) is 4.98 Å². The molecular formula is C57H33N7. The van der Waals surface area contributed by atoms with Crippen LogP contribution in [0, 0.1) is 22.7 Å². The maximum absolute atomic E-state index is 9.70. The molecular weight excluding hydrogens is 783 g/mol. The van der Waals surface area contributed by atoms with Gasteiger partial charge in [0.2, 0.25) is 0 Å². The molecule has 7 heteroatoms. The second-order valence-electron chi connectivity index (χ2n) is 15.9. The molecule has 296 valence electrons. The van der Waals surface area contributed by atoms with Crippen molar-refractivity contribution in [3.63, 3.8) is 0 Å². The summed E-state index contributed by atoms with van der Waals surface area (Å²) in [6.45, 7) is 0. The molecule has 0 aliphatic rings. The number of benzene rings is 8. The lowest BCUT2D eigenvalue weighted by Crippen LogP contribution is -2.01. The number of aromatic nitrogens is 5. The summed E-state index contributed by atoms with van der Waals surface area (Å²) >= 11 is 0. The lowest BCUT2D eigenvalue weighted by atomic mass is 9.98. The Bertz CT molecular complexity index is 3550. The normalized spacial score (nSPS) is 11.4. The van der Waals surface area contributed by atoms with Crippen molar-refractivity contribution in [2.24, 2.45) is 0 Å². The van der Waals surface area contributed by atoms with E-state index in [2.05, 4.69) is 167 Å². The zero-order valence-corrected chi connectivity index (χ0v) is 34.2. The second-order valence-corrected chi connectivity index (χ2v) is 15.9. The van der Waals surface area contributed by atoms with Crippen LogP contribution in [0.1, 0.15) is 11.1 Å². The molecule has 0 spiro atoms. The van der Waals surface area contributed by atoms with Crippen molar-refractivity contribution in [2.45, 2.75) is 0 Å². The minimum absolute atomic E-state index is 0.548. The molecule has 0 radical (unpaired) electrons. The first-order valence-corrected chi connectivity index (χ1v) is 21.0. The Morgan fingerprint density at radius 1 is 0.359 bits per heavy atom. The molecule has 0 aliphatic carbocycles. The lowest BCUT2D eigenvalue weighted by molar-refractivity contribution is 1.18. The molecule has 0 atom stereocenters. The number of hydrogen-bond acceptors (Lipinski definition) is 5. The molecule has 0 saturated carbocycles. The van der Waals surface area contributed by atoms with Gasteiger partial charge in [-0.05, 0) is 78.4 Å². The largest absolute Gasteiger partial charge is 0.309 e. The molecule has 64 heavy (non-hydrogen) atoms. The highest BCUT2D eigenvalue weighted by Gasteiger charge is 2.22. The fourth-order valence-corrected chi connectivity index (χ4v) is 9.28. The van der Waals surface area contributed by atoms with Gasteiger partial charge < -0.3 is 9.13 Å². The lowest BCUT2D eigenvalue weighted by Gasteiger charge is -2.17. The van der Waals surface area contributed by atoms with Gasteiger partial charge in [0.1, 0.15) is 11.0 Å². The van der Waals surface area contributed by atoms with Gasteiger partial charge in [-0.25, -0.2) is 9.97 Å². The molecule has 0 N–H and O–H groups in total. The molecule has 4 heterocycles. The fourth-order valence-electron chi connectivity index (χ4n) is 9.28. The Balaban J connectivity index is 1.12. The minimum atomic E-state index is 0.548. The van der Waals surface area contributed by atoms with Crippen LogP contribution in [-0.2, 0) is 0 Å². The Kier molecular flexibility index (Phi) is 8.47. The maximum atomic E-state index is 9.70. The summed E-state index contributed by atoms with van der Waals surface area (Å²) in [5.41, 5.74) is 15.2. The average Bonchev–Trinajstić information content (AvgIpc) is 3.89. The number of hydrogen-bond donors (Lipinski definition) is 0. The molecule has 0 aliphatic heterocycles. The summed E-state index contributed by atoms with van der Waals surface area (Å²) in [6.07, 6.45) is 1.93. The number of rotatable bonds is 6. The standard InChI is InChI=1S/C57H33N7/c58-33-36-23-27-38(28-24-36)54-55(39-29-25-37(34-59)26-30-39)62-57-53(41-12-10-14-43(32-41)64-51-21-7-3-17-46(51)47-18-4-8-22-52(47)64)60-35-48(56(57)61-54)40-11-9-13-42(31-40)63-49-19-5-1-15-44(49)45-16-2-6-20-50(45)63/h1-32,35H. The third-order valence-corrected chi connectivity index (χ3v) is 12.2. The van der Waals surface area contributed by atoms with Crippen molar-refractivity contribution in [3.8, 4) is 68.4 Å². The molecule has 12 rings (SSSR count). The SMILES string of the molecule is N#Cc1ccc(-c2nc3c(-c4cccc(-n5c6ccccc6c6ccccc65)c4)cnc(-c4cccc(-n5c6ccccc6c6ccccc65)c4)c3nc2-c2ccc(C#N)cc2)cc1. The third kappa shape index (κ3) is 5.84. The monoisotopic (exact) mass is 815 g/mol. The van der Waals surface area contributed by atoms with E-state index in [1.54, 1.807) is 24.3 Å². The summed E-state index contributed by atoms with van der Waals surface area (Å²) < 4.78 is 4.62. The molecule has 12 aromatic rings. The van der Waals surface area contributed by atoms with Crippen molar-refractivity contribution >= 4 is 54.6 Å². The van der Waals surface area contributed by atoms with Gasteiger partial charge >= 0.3 is 0 Å². The van der Waals surface area contributed by atoms with E-state index in [1.807, 2.05) is 30.5 Å². The van der Waals surface area contributed by atoms with E-state index in [-0.39, 0.29) is 0 Å². The van der Waals surface area contributed by atoms with Crippen LogP contribution in [0.3, 0.4) is 0 Å². The zero-order valence-electron chi connectivity index (χ0n) is 34.2. The molecule has 0 fully saturated rings. The fraction of sp³-hybridized carbons (Fsp3) is 0. The van der Waals surface area contributed by atoms with E-state index in [4.69, 9.17) is 15.0 Å². The van der Waals surface area contributed by atoms with Gasteiger partial charge in [-0.1, -0.05) is 121 Å². The molecule has 0 saturated heterocycles. The van der Waals surface area contributed by atoms with Gasteiger partial charge in [-0.2, -0.15) is 10.5 Å². The molecule has 0 bridgehead atoms. The molecule has 0 unspecified atom stereocenters. The predicted octanol–water partition coefficient (Wildman–Crippen LogP) is 13.6. The van der Waals surface area contributed by atoms with Crippen molar-refractivity contribution in [1.82, 2.24) is 24.1 Å². The zero-order chi connectivity index (χ0) is 42.7. The summed E-state index contributed by atoms with van der Waals surface area (Å²) in [5.74, 6) is 0. The van der Waals surface area contributed by atoms with Crippen molar-refractivity contribution < 1.29 is 0 Å². The van der Waals surface area contributed by atoms with Gasteiger partial charge in [0.05, 0.1) is 62.4 Å². The molecule has 0 amide bonds. The van der Waals surface area contributed by atoms with E-state index in [9.17, 15) is 10.5 Å². The van der Waals surface area contributed by atoms with Crippen LogP contribution in [0.15, 0.2) is 200 Å². The second kappa shape index (κ2) is 14.8. The number of nitriles is 2. The summed E-state index contributed by atoms with van der Waals surface area (Å²) in [4.78, 5) is 16.4. The van der Waals surface area contributed by atoms with E-state index >= 15 is 0 Å². The van der Waals surface area contributed by atoms with E-state index < -0.39 is 0 Å². The molecule has 4 aromatic heterocycles. The van der Waals surface area contributed by atoms with E-state index in [0.29, 0.717) is 39.2 Å². The highest BCUT2D eigenvalue weighted by Crippen LogP contribution is 2.40. The van der Waals surface area contributed by atoms with Crippen LogP contribution in [0.5, 0.6) is 0 Å². The Morgan fingerprint density at radius 2 is 0.766 bits per heavy atom. The van der Waals surface area contributed by atoms with Gasteiger partial charge in [0, 0.05) is 61.4 Å². The third-order valence-electron chi connectivity index (χ3n) is 12.2. The Morgan fingerprint density at radius 3 is 1.22 bits per heavy atom. The van der Waals surface area contributed by atoms with Crippen molar-refractivity contribution in [1.29, 1.82) is 10.5 Å². The van der Waals surface area contributed by atoms with Crippen molar-refractivity contribution in [2.75, 3.05) is 0 Å². The van der Waals surface area contributed by atoms with Gasteiger partial charge in [0.15, 0.2) is 0 Å². The van der Waals surface area contributed by atoms with Crippen LogP contribution in [-0.4, -0.2) is 24.1 Å². The highest BCUT2D eigenvalue weighted by atomic mass is 15.0. The topological polar surface area (TPSA) is 96.1 Å². The summed E-state index contributed by atoms with van der Waals surface area (Å²) in [7, 11) is 0. The first kappa shape index (κ1) is 36.7. The first-order chi connectivity index (χ1) is 31.6. The van der Waals surface area contributed by atoms with Crippen LogP contribution in [0.25, 0.3) is 111 Å². The quantitative estimate of drug-likeness (QED) is 0.166. The molecule has 8 aromatic carbocycles. The number of para-hydroxylation sites is 4. The van der Waals surface area contributed by atoms with E-state index in [0.717, 1.165) is 61.3 Å². The highest BCUT2D eigenvalue weighted by molar-refractivity contribution is 6.10. The van der Waals surface area contributed by atoms with E-state index in [1.165, 1.54) is 21.5 Å². The first-order valence-electron chi connectivity index (χ1n) is 21.0. The Labute approximate surface area is 367 Å². The summed E-state index contributed by atoms with van der Waals surface area (Å²) in [5, 5.41) is 24.2. The minimum Gasteiger partial charge on any atom is -0.309 e. The number of fused-ring (bicyclic) bond motifs is 7. The number of pyridine rings is 1. The van der Waals surface area contributed by atoms with Gasteiger partial charge in [0.25, 0.3) is 0 Å². The predicted molar refractivity (Wildman–Crippen MR) is 257 cm³/mol. The number of nitrogens with zero attached hydrogens (tertiary/aromatic N) is 7. The van der Waals surface area contributed by atoms with Gasteiger partial charge in [-0.15, -0.1) is 0 Å². The Hall–Kier alpha value is -9.17. The maximum Gasteiger partial charge on any atom is 0.116 e.